The molecule has 1 aromatic carbocycles. The largest absolute Gasteiger partial charge is 0.491 e. The second-order valence-electron chi connectivity index (χ2n) is 4.51. The molecule has 1 unspecified atom stereocenters. The molecule has 94 valence electrons. The molecule has 2 N–H and O–H groups in total. The first-order chi connectivity index (χ1) is 7.94. The van der Waals surface area contributed by atoms with E-state index in [-0.39, 0.29) is 21.7 Å². The number of hydrogen-bond acceptors (Lipinski definition) is 2. The lowest BCUT2D eigenvalue weighted by molar-refractivity contribution is 0.352. The van der Waals surface area contributed by atoms with Crippen molar-refractivity contribution < 1.29 is 13.5 Å². The zero-order chi connectivity index (χ0) is 12.8. The van der Waals surface area contributed by atoms with Crippen molar-refractivity contribution >= 4 is 15.9 Å². The van der Waals surface area contributed by atoms with Gasteiger partial charge in [-0.3, -0.25) is 0 Å². The second kappa shape index (κ2) is 4.21. The summed E-state index contributed by atoms with van der Waals surface area (Å²) in [4.78, 5) is 0. The zero-order valence-corrected chi connectivity index (χ0v) is 11.3. The maximum absolute atomic E-state index is 14.2. The Morgan fingerprint density at radius 3 is 2.41 bits per heavy atom. The molecular weight excluding hydrogens is 292 g/mol. The molecule has 0 amide bonds. The van der Waals surface area contributed by atoms with Crippen LogP contribution in [-0.4, -0.2) is 13.2 Å². The Balaban J connectivity index is 2.60. The minimum Gasteiger partial charge on any atom is -0.491 e. The van der Waals surface area contributed by atoms with Crippen LogP contribution in [0.15, 0.2) is 10.5 Å². The fourth-order valence-corrected chi connectivity index (χ4v) is 2.64. The lowest BCUT2D eigenvalue weighted by Gasteiger charge is -2.22. The van der Waals surface area contributed by atoms with E-state index >= 15 is 0 Å². The minimum absolute atomic E-state index is 0.168. The summed E-state index contributed by atoms with van der Waals surface area (Å²) in [6.07, 6.45) is 1.64. The maximum Gasteiger partial charge on any atom is 0.191 e. The van der Waals surface area contributed by atoms with E-state index in [1.54, 1.807) is 0 Å². The number of benzene rings is 1. The van der Waals surface area contributed by atoms with Gasteiger partial charge in [0.1, 0.15) is 0 Å². The number of nitrogens with two attached hydrogens (primary N) is 1. The number of rotatable bonds is 3. The predicted molar refractivity (Wildman–Crippen MR) is 65.2 cm³/mol. The van der Waals surface area contributed by atoms with Crippen LogP contribution in [0.2, 0.25) is 0 Å². The smallest absolute Gasteiger partial charge is 0.191 e. The van der Waals surface area contributed by atoms with Crippen molar-refractivity contribution in [2.75, 3.05) is 7.11 Å². The standard InChI is InChI=1S/C12H14BrF2NO/c1-6(16)12(3-4-12)7-5-8(13)10(15)11(17-2)9(7)14/h5-6H,3-4,16H2,1-2H3. The van der Waals surface area contributed by atoms with Crippen molar-refractivity contribution in [1.29, 1.82) is 0 Å². The average molecular weight is 306 g/mol. The fourth-order valence-electron chi connectivity index (χ4n) is 2.23. The van der Waals surface area contributed by atoms with Crippen molar-refractivity contribution in [2.24, 2.45) is 5.73 Å². The Hall–Kier alpha value is -0.680. The first kappa shape index (κ1) is 12.8. The Labute approximate surface area is 107 Å². The van der Waals surface area contributed by atoms with Crippen LogP contribution in [0.1, 0.15) is 25.3 Å². The van der Waals surface area contributed by atoms with E-state index < -0.39 is 11.6 Å². The first-order valence-electron chi connectivity index (χ1n) is 5.41. The molecule has 1 saturated carbocycles. The third-order valence-corrected chi connectivity index (χ3v) is 4.09. The molecule has 0 radical (unpaired) electrons. The highest BCUT2D eigenvalue weighted by Gasteiger charge is 2.50. The molecule has 1 aliphatic carbocycles. The van der Waals surface area contributed by atoms with Crippen LogP contribution in [0.3, 0.4) is 0 Å². The minimum atomic E-state index is -0.714. The normalized spacial score (nSPS) is 18.9. The van der Waals surface area contributed by atoms with Crippen molar-refractivity contribution in [1.82, 2.24) is 0 Å². The summed E-state index contributed by atoms with van der Waals surface area (Å²) in [7, 11) is 1.25. The molecule has 2 rings (SSSR count). The van der Waals surface area contributed by atoms with Gasteiger partial charge >= 0.3 is 0 Å². The summed E-state index contributed by atoms with van der Waals surface area (Å²) in [5, 5.41) is 0. The zero-order valence-electron chi connectivity index (χ0n) is 9.69. The van der Waals surface area contributed by atoms with Gasteiger partial charge < -0.3 is 10.5 Å². The van der Waals surface area contributed by atoms with Crippen molar-refractivity contribution in [3.63, 3.8) is 0 Å². The van der Waals surface area contributed by atoms with Crippen LogP contribution < -0.4 is 10.5 Å². The summed E-state index contributed by atoms with van der Waals surface area (Å²) >= 11 is 3.08. The van der Waals surface area contributed by atoms with Gasteiger partial charge in [0, 0.05) is 17.0 Å². The van der Waals surface area contributed by atoms with E-state index in [9.17, 15) is 8.78 Å². The van der Waals surface area contributed by atoms with Crippen LogP contribution >= 0.6 is 15.9 Å². The highest BCUT2D eigenvalue weighted by molar-refractivity contribution is 9.10. The quantitative estimate of drug-likeness (QED) is 0.871. The van der Waals surface area contributed by atoms with E-state index in [2.05, 4.69) is 15.9 Å². The predicted octanol–water partition coefficient (Wildman–Crippen LogP) is 3.11. The Morgan fingerprint density at radius 1 is 1.41 bits per heavy atom. The third kappa shape index (κ3) is 1.85. The first-order valence-corrected chi connectivity index (χ1v) is 6.21. The van der Waals surface area contributed by atoms with Crippen molar-refractivity contribution in [3.05, 3.63) is 27.7 Å². The van der Waals surface area contributed by atoms with E-state index in [4.69, 9.17) is 10.5 Å². The van der Waals surface area contributed by atoms with Gasteiger partial charge in [0.25, 0.3) is 0 Å². The highest BCUT2D eigenvalue weighted by atomic mass is 79.9. The van der Waals surface area contributed by atoms with Crippen molar-refractivity contribution in [2.45, 2.75) is 31.2 Å². The summed E-state index contributed by atoms with van der Waals surface area (Å²) in [6, 6.07) is 1.31. The number of methoxy groups -OCH3 is 1. The van der Waals surface area contributed by atoms with Crippen LogP contribution in [0.4, 0.5) is 8.78 Å². The molecule has 0 aromatic heterocycles. The van der Waals surface area contributed by atoms with Gasteiger partial charge in [0.2, 0.25) is 0 Å². The van der Waals surface area contributed by atoms with Gasteiger partial charge in [-0.15, -0.1) is 0 Å². The summed E-state index contributed by atoms with van der Waals surface area (Å²) in [5.41, 5.74) is 5.97. The number of halogens is 3. The molecule has 5 heteroatoms. The monoisotopic (exact) mass is 305 g/mol. The van der Waals surface area contributed by atoms with E-state index in [0.29, 0.717) is 5.56 Å². The molecule has 17 heavy (non-hydrogen) atoms. The van der Waals surface area contributed by atoms with Crippen LogP contribution in [0.25, 0.3) is 0 Å². The van der Waals surface area contributed by atoms with Crippen LogP contribution in [0.5, 0.6) is 5.75 Å². The van der Waals surface area contributed by atoms with Crippen LogP contribution in [0, 0.1) is 11.6 Å². The molecule has 0 saturated heterocycles. The Bertz CT molecular complexity index is 458. The molecule has 0 spiro atoms. The van der Waals surface area contributed by atoms with Gasteiger partial charge in [0.15, 0.2) is 17.4 Å². The number of hydrogen-bond donors (Lipinski definition) is 1. The molecule has 0 heterocycles. The highest BCUT2D eigenvalue weighted by Crippen LogP contribution is 2.53. The van der Waals surface area contributed by atoms with E-state index in [0.717, 1.165) is 12.8 Å². The van der Waals surface area contributed by atoms with Gasteiger partial charge in [-0.05, 0) is 41.8 Å². The lowest BCUT2D eigenvalue weighted by atomic mass is 9.89. The molecule has 0 aliphatic heterocycles. The lowest BCUT2D eigenvalue weighted by Crippen LogP contribution is -2.32. The second-order valence-corrected chi connectivity index (χ2v) is 5.37. The van der Waals surface area contributed by atoms with Gasteiger partial charge in [-0.1, -0.05) is 0 Å². The molecule has 2 nitrogen and oxygen atoms in total. The summed E-state index contributed by atoms with van der Waals surface area (Å²) < 4.78 is 32.8. The third-order valence-electron chi connectivity index (χ3n) is 3.52. The van der Waals surface area contributed by atoms with E-state index in [1.807, 2.05) is 6.92 Å². The summed E-state index contributed by atoms with van der Waals surface area (Å²) in [6.45, 7) is 1.84. The SMILES string of the molecule is COc1c(F)c(Br)cc(C2(C(C)N)CC2)c1F. The van der Waals surface area contributed by atoms with Gasteiger partial charge in [-0.25, -0.2) is 8.78 Å². The average Bonchev–Trinajstić information content (AvgIpc) is 3.05. The Kier molecular flexibility index (Phi) is 3.16. The molecule has 1 aliphatic rings. The fraction of sp³-hybridized carbons (Fsp3) is 0.500. The molecular formula is C12H14BrF2NO. The topological polar surface area (TPSA) is 35.2 Å². The number of ether oxygens (including phenoxy) is 1. The molecule has 1 fully saturated rings. The van der Waals surface area contributed by atoms with Gasteiger partial charge in [0.05, 0.1) is 11.6 Å². The van der Waals surface area contributed by atoms with Gasteiger partial charge in [-0.2, -0.15) is 0 Å². The maximum atomic E-state index is 14.2. The Morgan fingerprint density at radius 2 is 2.00 bits per heavy atom. The van der Waals surface area contributed by atoms with E-state index in [1.165, 1.54) is 13.2 Å². The molecule has 1 aromatic rings. The summed E-state index contributed by atoms with van der Waals surface area (Å²) in [5.74, 6) is -1.70. The van der Waals surface area contributed by atoms with Crippen molar-refractivity contribution in [3.8, 4) is 5.75 Å². The van der Waals surface area contributed by atoms with Crippen LogP contribution in [-0.2, 0) is 5.41 Å². The molecule has 0 bridgehead atoms. The molecule has 1 atom stereocenters.